The number of pyridine rings is 1. The lowest BCUT2D eigenvalue weighted by Crippen LogP contribution is -2.17. The number of rotatable bonds is 6. The average molecular weight is 471 g/mol. The molecular weight excluding hydrogens is 452 g/mol. The van der Waals surface area contributed by atoms with E-state index in [1.807, 2.05) is 19.2 Å². The van der Waals surface area contributed by atoms with E-state index in [4.69, 9.17) is 19.8 Å². The molecule has 0 aliphatic rings. The van der Waals surface area contributed by atoms with Gasteiger partial charge in [0.15, 0.2) is 11.5 Å². The Labute approximate surface area is 198 Å². The Morgan fingerprint density at radius 1 is 1.21 bits per heavy atom. The van der Waals surface area contributed by atoms with Crippen LogP contribution >= 0.6 is 11.3 Å². The second-order valence-electron chi connectivity index (χ2n) is 7.55. The molecule has 3 heterocycles. The molecule has 9 heteroatoms. The monoisotopic (exact) mass is 470 g/mol. The molecule has 0 saturated heterocycles. The number of carboxylic acids is 1. The first-order valence-electron chi connectivity index (χ1n) is 10.3. The summed E-state index contributed by atoms with van der Waals surface area (Å²) in [5.41, 5.74) is 3.58. The number of methoxy groups -OCH3 is 1. The van der Waals surface area contributed by atoms with E-state index in [2.05, 4.69) is 11.1 Å². The van der Waals surface area contributed by atoms with Crippen LogP contribution in [0.3, 0.4) is 0 Å². The summed E-state index contributed by atoms with van der Waals surface area (Å²) in [5.74, 6) is -0.425. The van der Waals surface area contributed by atoms with Crippen LogP contribution in [0, 0.1) is 11.3 Å². The van der Waals surface area contributed by atoms with Crippen molar-refractivity contribution in [3.63, 3.8) is 0 Å². The number of hydrogen-bond donors (Lipinski definition) is 1. The molecule has 0 radical (unpaired) electrons. The predicted octanol–water partition coefficient (Wildman–Crippen LogP) is 4.93. The molecule has 5 rings (SSSR count). The zero-order valence-corrected chi connectivity index (χ0v) is 19.0. The van der Waals surface area contributed by atoms with Crippen LogP contribution in [0.25, 0.3) is 33.1 Å². The van der Waals surface area contributed by atoms with Crippen LogP contribution < -0.4 is 9.47 Å². The predicted molar refractivity (Wildman–Crippen MR) is 128 cm³/mol. The van der Waals surface area contributed by atoms with Crippen LogP contribution in [-0.2, 0) is 11.8 Å². The van der Waals surface area contributed by atoms with E-state index in [-0.39, 0.29) is 0 Å². The average Bonchev–Trinajstić information content (AvgIpc) is 3.50. The summed E-state index contributed by atoms with van der Waals surface area (Å²) in [7, 11) is 3.33. The minimum Gasteiger partial charge on any atom is -0.493 e. The zero-order chi connectivity index (χ0) is 23.8. The van der Waals surface area contributed by atoms with Crippen molar-refractivity contribution in [2.24, 2.45) is 7.05 Å². The number of thiophene rings is 1. The van der Waals surface area contributed by atoms with Gasteiger partial charge in [-0.25, -0.2) is 4.79 Å². The van der Waals surface area contributed by atoms with Gasteiger partial charge < -0.3 is 14.6 Å². The minimum atomic E-state index is -1.18. The van der Waals surface area contributed by atoms with E-state index >= 15 is 0 Å². The number of aliphatic carboxylic acids is 1. The zero-order valence-electron chi connectivity index (χ0n) is 18.2. The molecule has 0 fully saturated rings. The van der Waals surface area contributed by atoms with Crippen molar-refractivity contribution in [2.45, 2.75) is 6.10 Å². The molecule has 0 bridgehead atoms. The molecule has 0 spiro atoms. The Morgan fingerprint density at radius 3 is 2.65 bits per heavy atom. The van der Waals surface area contributed by atoms with Crippen LogP contribution in [0.5, 0.6) is 11.5 Å². The highest BCUT2D eigenvalue weighted by Crippen LogP contribution is 2.40. The van der Waals surface area contributed by atoms with Crippen molar-refractivity contribution in [3.8, 4) is 28.8 Å². The van der Waals surface area contributed by atoms with Crippen molar-refractivity contribution in [2.75, 3.05) is 7.11 Å². The molecule has 3 aromatic heterocycles. The van der Waals surface area contributed by atoms with Gasteiger partial charge in [0.1, 0.15) is 5.69 Å². The molecule has 0 aliphatic carbocycles. The molecule has 0 saturated carbocycles. The van der Waals surface area contributed by atoms with Crippen LogP contribution in [0.4, 0.5) is 0 Å². The number of nitrogens with zero attached hydrogens (tertiary/aromatic N) is 4. The molecule has 34 heavy (non-hydrogen) atoms. The Hall–Kier alpha value is -4.42. The molecular formula is C25H18N4O4S. The van der Waals surface area contributed by atoms with Gasteiger partial charge in [-0.3, -0.25) is 9.67 Å². The topological polar surface area (TPSA) is 110 Å². The number of carboxylic acid groups (broad SMARTS) is 1. The Balaban J connectivity index is 1.72. The molecule has 1 unspecified atom stereocenters. The van der Waals surface area contributed by atoms with Gasteiger partial charge in [0.25, 0.3) is 0 Å². The van der Waals surface area contributed by atoms with E-state index in [1.165, 1.54) is 18.4 Å². The minimum absolute atomic E-state index is 0.291. The van der Waals surface area contributed by atoms with Gasteiger partial charge in [0.05, 0.1) is 40.8 Å². The van der Waals surface area contributed by atoms with E-state index in [1.54, 1.807) is 52.7 Å². The first-order valence-corrected chi connectivity index (χ1v) is 11.1. The van der Waals surface area contributed by atoms with E-state index < -0.39 is 12.1 Å². The molecule has 1 atom stereocenters. The first kappa shape index (κ1) is 21.4. The van der Waals surface area contributed by atoms with Crippen LogP contribution in [0.1, 0.15) is 16.5 Å². The summed E-state index contributed by atoms with van der Waals surface area (Å²) in [5, 5.41) is 27.0. The van der Waals surface area contributed by atoms with Gasteiger partial charge in [0.2, 0.25) is 6.10 Å². The summed E-state index contributed by atoms with van der Waals surface area (Å²) in [6, 6.07) is 16.3. The van der Waals surface area contributed by atoms with Crippen molar-refractivity contribution < 1.29 is 19.4 Å². The highest BCUT2D eigenvalue weighted by atomic mass is 32.1. The quantitative estimate of drug-likeness (QED) is 0.374. The Morgan fingerprint density at radius 2 is 2.00 bits per heavy atom. The van der Waals surface area contributed by atoms with Crippen molar-refractivity contribution in [3.05, 3.63) is 70.5 Å². The molecule has 2 aromatic carbocycles. The molecule has 0 aliphatic heterocycles. The van der Waals surface area contributed by atoms with Gasteiger partial charge in [-0.15, -0.1) is 11.3 Å². The third kappa shape index (κ3) is 3.60. The molecule has 0 amide bonds. The SMILES string of the molecule is COc1cc2ncc3c(c(-c4ccc(C#N)cc4)nn3C)c2cc1OC(C(=O)O)c1cccs1. The number of carbonyl (C=O) groups is 1. The van der Waals surface area contributed by atoms with E-state index in [9.17, 15) is 9.90 Å². The number of hydrogen-bond acceptors (Lipinski definition) is 7. The molecule has 8 nitrogen and oxygen atoms in total. The normalized spacial score (nSPS) is 11.9. The number of fused-ring (bicyclic) bond motifs is 3. The number of ether oxygens (including phenoxy) is 2. The first-order chi connectivity index (χ1) is 16.5. The maximum Gasteiger partial charge on any atom is 0.350 e. The van der Waals surface area contributed by atoms with Crippen LogP contribution in [0.2, 0.25) is 0 Å². The number of aromatic nitrogens is 3. The van der Waals surface area contributed by atoms with Gasteiger partial charge in [-0.1, -0.05) is 18.2 Å². The number of benzene rings is 2. The van der Waals surface area contributed by atoms with Crippen molar-refractivity contribution in [1.29, 1.82) is 5.26 Å². The van der Waals surface area contributed by atoms with Gasteiger partial charge in [-0.05, 0) is 29.6 Å². The smallest absolute Gasteiger partial charge is 0.350 e. The fourth-order valence-electron chi connectivity index (χ4n) is 3.89. The largest absolute Gasteiger partial charge is 0.493 e. The third-order valence-electron chi connectivity index (χ3n) is 5.53. The summed E-state index contributed by atoms with van der Waals surface area (Å²) in [6.07, 6.45) is 0.564. The fraction of sp³-hybridized carbons (Fsp3) is 0.120. The highest BCUT2D eigenvalue weighted by molar-refractivity contribution is 7.10. The summed E-state index contributed by atoms with van der Waals surface area (Å²) in [6.45, 7) is 0. The van der Waals surface area contributed by atoms with Gasteiger partial charge in [0, 0.05) is 29.4 Å². The van der Waals surface area contributed by atoms with Crippen LogP contribution in [0.15, 0.2) is 60.1 Å². The highest BCUT2D eigenvalue weighted by Gasteiger charge is 2.25. The lowest BCUT2D eigenvalue weighted by molar-refractivity contribution is -0.145. The molecule has 1 N–H and O–H groups in total. The van der Waals surface area contributed by atoms with E-state index in [0.29, 0.717) is 27.5 Å². The summed E-state index contributed by atoms with van der Waals surface area (Å²) >= 11 is 1.31. The van der Waals surface area contributed by atoms with Gasteiger partial charge >= 0.3 is 5.97 Å². The Bertz CT molecular complexity index is 1570. The molecule has 5 aromatic rings. The van der Waals surface area contributed by atoms with Crippen LogP contribution in [-0.4, -0.2) is 33.0 Å². The standard InChI is InChI=1S/C25H18N4O4S/c1-29-18-13-27-17-11-19(32-2)20(33-24(25(30)31)21-4-3-9-34-21)10-16(17)22(18)23(28-29)15-7-5-14(12-26)6-8-15/h3-11,13,24H,1-2H3,(H,30,31). The summed E-state index contributed by atoms with van der Waals surface area (Å²) < 4.78 is 13.2. The maximum atomic E-state index is 12.0. The van der Waals surface area contributed by atoms with Gasteiger partial charge in [-0.2, -0.15) is 10.4 Å². The summed E-state index contributed by atoms with van der Waals surface area (Å²) in [4.78, 5) is 17.1. The second kappa shape index (κ2) is 8.50. The maximum absolute atomic E-state index is 12.0. The number of nitriles is 1. The number of aryl methyl sites for hydroxylation is 1. The lowest BCUT2D eigenvalue weighted by atomic mass is 10.0. The van der Waals surface area contributed by atoms with Crippen molar-refractivity contribution >= 4 is 39.1 Å². The second-order valence-corrected chi connectivity index (χ2v) is 8.53. The molecule has 168 valence electrons. The fourth-order valence-corrected chi connectivity index (χ4v) is 4.64. The lowest BCUT2D eigenvalue weighted by Gasteiger charge is -2.17. The third-order valence-corrected chi connectivity index (χ3v) is 6.44. The Kier molecular flexibility index (Phi) is 5.36. The van der Waals surface area contributed by atoms with Crippen molar-refractivity contribution in [1.82, 2.24) is 14.8 Å². The van der Waals surface area contributed by atoms with E-state index in [0.717, 1.165) is 27.5 Å².